The summed E-state index contributed by atoms with van der Waals surface area (Å²) < 4.78 is 31.5. The van der Waals surface area contributed by atoms with Crippen LogP contribution in [0.3, 0.4) is 0 Å². The molecule has 5 atom stereocenters. The number of halogens is 2. The number of hydrogen-bond acceptors (Lipinski definition) is 4. The molecule has 35 heavy (non-hydrogen) atoms. The highest BCUT2D eigenvalue weighted by Crippen LogP contribution is 2.42. The quantitative estimate of drug-likeness (QED) is 0.235. The lowest BCUT2D eigenvalue weighted by atomic mass is 9.81. The number of carbonyl (C=O) groups excluding carboxylic acids is 1. The van der Waals surface area contributed by atoms with E-state index in [1.165, 1.54) is 0 Å². The lowest BCUT2D eigenvalue weighted by Gasteiger charge is -2.45. The van der Waals surface area contributed by atoms with E-state index >= 15 is 0 Å². The van der Waals surface area contributed by atoms with Crippen LogP contribution in [0.2, 0.25) is 0 Å². The van der Waals surface area contributed by atoms with Crippen molar-refractivity contribution in [1.29, 1.82) is 0 Å². The van der Waals surface area contributed by atoms with Crippen molar-refractivity contribution in [1.82, 2.24) is 4.90 Å². The van der Waals surface area contributed by atoms with E-state index in [4.69, 9.17) is 4.74 Å². The molecule has 2 aliphatic heterocycles. The minimum absolute atomic E-state index is 0.0354. The Balaban J connectivity index is 1.38. The first kappa shape index (κ1) is 26.8. The van der Waals surface area contributed by atoms with Gasteiger partial charge in [-0.1, -0.05) is 80.4 Å². The molecular formula is C27H33Br2NO4S. The number of carbonyl (C=O) groups is 1. The van der Waals surface area contributed by atoms with E-state index in [9.17, 15) is 13.2 Å². The Morgan fingerprint density at radius 3 is 2.43 bits per heavy atom. The minimum atomic E-state index is -3.33. The van der Waals surface area contributed by atoms with Crippen molar-refractivity contribution in [3.63, 3.8) is 0 Å². The molecule has 2 aromatic carbocycles. The van der Waals surface area contributed by atoms with Crippen molar-refractivity contribution in [3.05, 3.63) is 66.2 Å². The summed E-state index contributed by atoms with van der Waals surface area (Å²) in [6.07, 6.45) is 4.92. The second-order valence-electron chi connectivity index (χ2n) is 9.53. The zero-order chi connectivity index (χ0) is 24.8. The van der Waals surface area contributed by atoms with Gasteiger partial charge in [-0.2, -0.15) is 0 Å². The number of fused-ring (bicyclic) bond motifs is 1. The Morgan fingerprint density at radius 1 is 1.03 bits per heavy atom. The van der Waals surface area contributed by atoms with Crippen molar-refractivity contribution < 1.29 is 17.9 Å². The highest BCUT2D eigenvalue weighted by molar-refractivity contribution is 9.10. The first-order chi connectivity index (χ1) is 16.9. The summed E-state index contributed by atoms with van der Waals surface area (Å²) in [6.45, 7) is 1.22. The average molecular weight is 627 g/mol. The Kier molecular flexibility index (Phi) is 9.47. The molecule has 1 unspecified atom stereocenters. The van der Waals surface area contributed by atoms with Gasteiger partial charge >= 0.3 is 0 Å². The first-order valence-electron chi connectivity index (χ1n) is 12.4. The van der Waals surface area contributed by atoms with Crippen molar-refractivity contribution in [2.24, 2.45) is 5.92 Å². The molecule has 4 rings (SSSR count). The van der Waals surface area contributed by atoms with Crippen LogP contribution < -0.4 is 0 Å². The maximum atomic E-state index is 13.0. The van der Waals surface area contributed by atoms with Crippen LogP contribution in [-0.4, -0.2) is 53.3 Å². The Labute approximate surface area is 225 Å². The van der Waals surface area contributed by atoms with Gasteiger partial charge in [-0.25, -0.2) is 8.42 Å². The molecule has 8 heteroatoms. The summed E-state index contributed by atoms with van der Waals surface area (Å²) in [5.41, 5.74) is 1.16. The average Bonchev–Trinajstić information content (AvgIpc) is 3.16. The van der Waals surface area contributed by atoms with E-state index in [1.54, 1.807) is 24.3 Å². The summed E-state index contributed by atoms with van der Waals surface area (Å²) >= 11 is 7.48. The first-order valence-corrected chi connectivity index (χ1v) is 15.8. The normalized spacial score (nSPS) is 25.4. The number of ether oxygens (including phenoxy) is 1. The Morgan fingerprint density at radius 2 is 1.71 bits per heavy atom. The third-order valence-electron chi connectivity index (χ3n) is 7.21. The monoisotopic (exact) mass is 625 g/mol. The predicted octanol–water partition coefficient (Wildman–Crippen LogP) is 5.75. The van der Waals surface area contributed by atoms with Gasteiger partial charge < -0.3 is 9.64 Å². The van der Waals surface area contributed by atoms with Gasteiger partial charge in [-0.15, -0.1) is 0 Å². The summed E-state index contributed by atoms with van der Waals surface area (Å²) in [7, 11) is -3.33. The van der Waals surface area contributed by atoms with Crippen molar-refractivity contribution in [3.8, 4) is 0 Å². The third-order valence-corrected chi connectivity index (χ3v) is 10.9. The second kappa shape index (κ2) is 12.3. The van der Waals surface area contributed by atoms with Crippen LogP contribution in [0.5, 0.6) is 0 Å². The molecule has 2 aliphatic rings. The zero-order valence-corrected chi connectivity index (χ0v) is 23.8. The molecule has 1 amide bonds. The third kappa shape index (κ3) is 6.76. The molecule has 2 heterocycles. The standard InChI is InChI=1S/C27H33Br2NO4S/c28-24(15-16-34-19-20-8-3-1-4-9-20)23-14-13-21-18-25(29)27(31)30(21)26(23)12-7-17-35(32,33)22-10-5-2-6-11-22/h1-6,8-11,21,23-26H,7,12-19H2/t21-,23-,24+,25?,26+/m0/s1. The molecule has 2 aromatic rings. The molecule has 0 saturated carbocycles. The van der Waals surface area contributed by atoms with Crippen LogP contribution in [0.25, 0.3) is 0 Å². The van der Waals surface area contributed by atoms with Crippen LogP contribution in [0.15, 0.2) is 65.6 Å². The van der Waals surface area contributed by atoms with Crippen LogP contribution in [0, 0.1) is 5.92 Å². The second-order valence-corrected chi connectivity index (χ2v) is 13.9. The van der Waals surface area contributed by atoms with E-state index in [-0.39, 0.29) is 39.3 Å². The number of piperidine rings is 1. The van der Waals surface area contributed by atoms with Gasteiger partial charge in [0.25, 0.3) is 0 Å². The zero-order valence-electron chi connectivity index (χ0n) is 19.8. The van der Waals surface area contributed by atoms with Gasteiger partial charge in [0.05, 0.1) is 22.1 Å². The Hall–Kier alpha value is -1.22. The molecule has 2 fully saturated rings. The number of rotatable bonds is 11. The van der Waals surface area contributed by atoms with Gasteiger partial charge in [0.1, 0.15) is 0 Å². The summed E-state index contributed by atoms with van der Waals surface area (Å²) in [5, 5.41) is 0. The molecule has 5 nitrogen and oxygen atoms in total. The van der Waals surface area contributed by atoms with E-state index in [0.717, 1.165) is 31.2 Å². The molecule has 0 spiro atoms. The Bertz CT molecular complexity index is 1070. The lowest BCUT2D eigenvalue weighted by molar-refractivity contribution is -0.134. The number of alkyl halides is 2. The van der Waals surface area contributed by atoms with Crippen LogP contribution in [0.4, 0.5) is 0 Å². The minimum Gasteiger partial charge on any atom is -0.377 e. The fourth-order valence-corrected chi connectivity index (χ4v) is 8.27. The van der Waals surface area contributed by atoms with Gasteiger partial charge in [0.2, 0.25) is 5.91 Å². The van der Waals surface area contributed by atoms with E-state index in [2.05, 4.69) is 48.9 Å². The topological polar surface area (TPSA) is 63.7 Å². The fourth-order valence-electron chi connectivity index (χ4n) is 5.45. The highest BCUT2D eigenvalue weighted by atomic mass is 79.9. The van der Waals surface area contributed by atoms with E-state index in [0.29, 0.717) is 31.0 Å². The largest absolute Gasteiger partial charge is 0.377 e. The van der Waals surface area contributed by atoms with Crippen LogP contribution in [-0.2, 0) is 26.0 Å². The van der Waals surface area contributed by atoms with Crippen molar-refractivity contribution in [2.75, 3.05) is 12.4 Å². The molecule has 0 aromatic heterocycles. The van der Waals surface area contributed by atoms with Crippen LogP contribution >= 0.6 is 31.9 Å². The number of hydrogen-bond donors (Lipinski definition) is 0. The van der Waals surface area contributed by atoms with Gasteiger partial charge in [-0.05, 0) is 62.1 Å². The van der Waals surface area contributed by atoms with Crippen LogP contribution in [0.1, 0.15) is 44.1 Å². The lowest BCUT2D eigenvalue weighted by Crippen LogP contribution is -2.52. The van der Waals surface area contributed by atoms with Crippen molar-refractivity contribution in [2.45, 2.75) is 71.8 Å². The number of nitrogens with zero attached hydrogens (tertiary/aromatic N) is 1. The van der Waals surface area contributed by atoms with Crippen molar-refractivity contribution >= 4 is 47.6 Å². The summed E-state index contributed by atoms with van der Waals surface area (Å²) in [6, 6.07) is 19.0. The highest BCUT2D eigenvalue weighted by Gasteiger charge is 2.48. The SMILES string of the molecule is O=C1C(Br)C[C@@H]2CC[C@@H]([C@H](Br)CCOCc3ccccc3)[C@@H](CCCS(=O)(=O)c3ccccc3)N12. The summed E-state index contributed by atoms with van der Waals surface area (Å²) in [4.78, 5) is 15.5. The smallest absolute Gasteiger partial charge is 0.236 e. The maximum absolute atomic E-state index is 13.0. The summed E-state index contributed by atoms with van der Waals surface area (Å²) in [5.74, 6) is 0.515. The molecule has 0 radical (unpaired) electrons. The number of benzene rings is 2. The molecule has 2 saturated heterocycles. The molecular weight excluding hydrogens is 594 g/mol. The number of sulfone groups is 1. The predicted molar refractivity (Wildman–Crippen MR) is 146 cm³/mol. The van der Waals surface area contributed by atoms with E-state index in [1.807, 2.05) is 24.3 Å². The van der Waals surface area contributed by atoms with E-state index < -0.39 is 9.84 Å². The molecule has 190 valence electrons. The van der Waals surface area contributed by atoms with Gasteiger partial charge in [0.15, 0.2) is 9.84 Å². The fraction of sp³-hybridized carbons (Fsp3) is 0.519. The van der Waals surface area contributed by atoms with Gasteiger partial charge in [0, 0.05) is 23.5 Å². The van der Waals surface area contributed by atoms with Gasteiger partial charge in [-0.3, -0.25) is 4.79 Å². The molecule has 0 aliphatic carbocycles. The number of amides is 1. The molecule has 0 N–H and O–H groups in total. The maximum Gasteiger partial charge on any atom is 0.236 e. The molecule has 0 bridgehead atoms.